The Kier molecular flexibility index (Phi) is 2.11. The lowest BCUT2D eigenvalue weighted by Gasteiger charge is -2.47. The number of nitrogens with zero attached hydrogens (tertiary/aromatic N) is 1. The molecule has 3 atom stereocenters. The van der Waals surface area contributed by atoms with Crippen LogP contribution in [0.15, 0.2) is 0 Å². The predicted octanol–water partition coefficient (Wildman–Crippen LogP) is 3.44. The van der Waals surface area contributed by atoms with Crippen LogP contribution >= 0.6 is 0 Å². The molecule has 0 N–H and O–H groups in total. The van der Waals surface area contributed by atoms with Gasteiger partial charge in [0.25, 0.3) is 0 Å². The minimum absolute atomic E-state index is 0.599. The fourth-order valence-corrected chi connectivity index (χ4v) is 5.47. The zero-order chi connectivity index (χ0) is 11.6. The Morgan fingerprint density at radius 3 is 2.12 bits per heavy atom. The van der Waals surface area contributed by atoms with E-state index in [0.29, 0.717) is 10.8 Å². The Bertz CT molecular complexity index is 301. The number of quaternary nitrogens is 1. The summed E-state index contributed by atoms with van der Waals surface area (Å²) in [5.74, 6) is 1.01. The van der Waals surface area contributed by atoms with Gasteiger partial charge in [0.2, 0.25) is 0 Å². The van der Waals surface area contributed by atoms with Crippen LogP contribution < -0.4 is 0 Å². The summed E-state index contributed by atoms with van der Waals surface area (Å²) in [6.07, 6.45) is 7.44. The van der Waals surface area contributed by atoms with Crippen LogP contribution in [0, 0.1) is 16.7 Å². The predicted molar refractivity (Wildman–Crippen MR) is 68.2 cm³/mol. The van der Waals surface area contributed by atoms with E-state index < -0.39 is 0 Å². The highest BCUT2D eigenvalue weighted by Crippen LogP contribution is 2.67. The van der Waals surface area contributed by atoms with Gasteiger partial charge in [-0.05, 0) is 24.2 Å². The molecule has 0 aromatic heterocycles. The maximum atomic E-state index is 2.60. The highest BCUT2D eigenvalue weighted by atomic mass is 15.4. The molecular weight excluding hydrogens is 194 g/mol. The van der Waals surface area contributed by atoms with E-state index in [1.165, 1.54) is 49.7 Å². The van der Waals surface area contributed by atoms with Crippen LogP contribution in [0.4, 0.5) is 0 Å². The third-order valence-electron chi connectivity index (χ3n) is 7.09. The SMILES string of the molecule is CC1(C)C2CCC1(C)C([N+]1(C)CCCC1)C2. The normalized spacial score (nSPS) is 48.8. The van der Waals surface area contributed by atoms with Gasteiger partial charge in [-0.15, -0.1) is 0 Å². The molecular formula is C15H28N+. The average molecular weight is 222 g/mol. The summed E-state index contributed by atoms with van der Waals surface area (Å²) in [6, 6.07) is 0.962. The molecule has 0 amide bonds. The summed E-state index contributed by atoms with van der Waals surface area (Å²) >= 11 is 0. The molecule has 2 saturated carbocycles. The molecule has 1 aliphatic heterocycles. The molecule has 92 valence electrons. The molecule has 0 spiro atoms. The first-order chi connectivity index (χ1) is 7.40. The summed E-state index contributed by atoms with van der Waals surface area (Å²) in [5.41, 5.74) is 1.22. The quantitative estimate of drug-likeness (QED) is 0.596. The number of rotatable bonds is 1. The van der Waals surface area contributed by atoms with Crippen LogP contribution in [0.2, 0.25) is 0 Å². The van der Waals surface area contributed by atoms with Crippen molar-refractivity contribution in [1.29, 1.82) is 0 Å². The van der Waals surface area contributed by atoms with Crippen LogP contribution in [0.5, 0.6) is 0 Å². The third kappa shape index (κ3) is 1.11. The molecule has 3 aliphatic rings. The van der Waals surface area contributed by atoms with Gasteiger partial charge in [-0.1, -0.05) is 20.8 Å². The molecule has 1 heterocycles. The van der Waals surface area contributed by atoms with Crippen molar-refractivity contribution >= 4 is 0 Å². The second-order valence-corrected chi connectivity index (χ2v) is 7.76. The van der Waals surface area contributed by atoms with Crippen LogP contribution in [-0.2, 0) is 0 Å². The number of fused-ring (bicyclic) bond motifs is 2. The highest BCUT2D eigenvalue weighted by molar-refractivity contribution is 5.11. The van der Waals surface area contributed by atoms with Crippen LogP contribution in [0.25, 0.3) is 0 Å². The Hall–Kier alpha value is -0.0400. The highest BCUT2D eigenvalue weighted by Gasteiger charge is 2.66. The topological polar surface area (TPSA) is 0 Å². The lowest BCUT2D eigenvalue weighted by molar-refractivity contribution is -0.929. The van der Waals surface area contributed by atoms with Gasteiger partial charge < -0.3 is 4.48 Å². The van der Waals surface area contributed by atoms with Gasteiger partial charge in [0.05, 0.1) is 26.2 Å². The molecule has 3 rings (SSSR count). The summed E-state index contributed by atoms with van der Waals surface area (Å²) in [7, 11) is 2.54. The lowest BCUT2D eigenvalue weighted by atomic mass is 9.68. The second kappa shape index (κ2) is 3.04. The standard InChI is InChI=1S/C15H28N/c1-14(2)12-7-8-15(14,3)13(11-12)16(4)9-5-6-10-16/h12-13H,5-11H2,1-4H3/q+1. The third-order valence-corrected chi connectivity index (χ3v) is 7.09. The molecule has 3 fully saturated rings. The van der Waals surface area contributed by atoms with Gasteiger partial charge in [0.1, 0.15) is 0 Å². The van der Waals surface area contributed by atoms with Gasteiger partial charge in [-0.2, -0.15) is 0 Å². The molecule has 0 aromatic carbocycles. The van der Waals surface area contributed by atoms with Gasteiger partial charge in [-0.25, -0.2) is 0 Å². The van der Waals surface area contributed by atoms with E-state index in [1.54, 1.807) is 0 Å². The lowest BCUT2D eigenvalue weighted by Crippen LogP contribution is -2.57. The van der Waals surface area contributed by atoms with Gasteiger partial charge in [-0.3, -0.25) is 0 Å². The van der Waals surface area contributed by atoms with Gasteiger partial charge in [0, 0.05) is 24.7 Å². The number of hydrogen-bond donors (Lipinski definition) is 0. The summed E-state index contributed by atoms with van der Waals surface area (Å²) < 4.78 is 1.40. The fourth-order valence-electron chi connectivity index (χ4n) is 5.47. The fraction of sp³-hybridized carbons (Fsp3) is 1.00. The first-order valence-electron chi connectivity index (χ1n) is 7.24. The minimum Gasteiger partial charge on any atom is -0.323 e. The van der Waals surface area contributed by atoms with E-state index in [-0.39, 0.29) is 0 Å². The zero-order valence-corrected chi connectivity index (χ0v) is 11.6. The van der Waals surface area contributed by atoms with Crippen molar-refractivity contribution in [3.8, 4) is 0 Å². The van der Waals surface area contributed by atoms with E-state index in [4.69, 9.17) is 0 Å². The molecule has 3 unspecified atom stereocenters. The second-order valence-electron chi connectivity index (χ2n) is 7.76. The van der Waals surface area contributed by atoms with Crippen LogP contribution in [0.1, 0.15) is 52.9 Å². The van der Waals surface area contributed by atoms with Crippen molar-refractivity contribution in [2.45, 2.75) is 58.9 Å². The molecule has 0 aromatic rings. The summed E-state index contributed by atoms with van der Waals surface area (Å²) in [5, 5.41) is 0. The molecule has 16 heavy (non-hydrogen) atoms. The molecule has 2 aliphatic carbocycles. The average Bonchev–Trinajstić information content (AvgIpc) is 2.79. The number of likely N-dealkylation sites (tertiary alicyclic amines) is 1. The molecule has 2 bridgehead atoms. The first kappa shape index (κ1) is 11.1. The van der Waals surface area contributed by atoms with E-state index in [2.05, 4.69) is 27.8 Å². The summed E-state index contributed by atoms with van der Waals surface area (Å²) in [4.78, 5) is 0. The molecule has 1 nitrogen and oxygen atoms in total. The van der Waals surface area contributed by atoms with Crippen molar-refractivity contribution in [2.24, 2.45) is 16.7 Å². The Balaban J connectivity index is 1.95. The van der Waals surface area contributed by atoms with Gasteiger partial charge >= 0.3 is 0 Å². The Morgan fingerprint density at radius 2 is 1.69 bits per heavy atom. The van der Waals surface area contributed by atoms with Gasteiger partial charge in [0.15, 0.2) is 0 Å². The first-order valence-corrected chi connectivity index (χ1v) is 7.24. The Labute approximate surface area is 101 Å². The zero-order valence-electron chi connectivity index (χ0n) is 11.6. The van der Waals surface area contributed by atoms with Crippen LogP contribution in [0.3, 0.4) is 0 Å². The smallest absolute Gasteiger partial charge is 0.0950 e. The largest absolute Gasteiger partial charge is 0.323 e. The van der Waals surface area contributed by atoms with Crippen molar-refractivity contribution in [3.63, 3.8) is 0 Å². The monoisotopic (exact) mass is 222 g/mol. The summed E-state index contributed by atoms with van der Waals surface area (Å²) in [6.45, 7) is 10.6. The molecule has 0 radical (unpaired) electrons. The van der Waals surface area contributed by atoms with Crippen molar-refractivity contribution in [3.05, 3.63) is 0 Å². The van der Waals surface area contributed by atoms with Crippen molar-refractivity contribution < 1.29 is 4.48 Å². The maximum Gasteiger partial charge on any atom is 0.0950 e. The molecule has 1 heteroatoms. The van der Waals surface area contributed by atoms with Crippen LogP contribution in [-0.4, -0.2) is 30.7 Å². The minimum atomic E-state index is 0.599. The van der Waals surface area contributed by atoms with E-state index >= 15 is 0 Å². The van der Waals surface area contributed by atoms with Crippen molar-refractivity contribution in [1.82, 2.24) is 0 Å². The number of hydrogen-bond acceptors (Lipinski definition) is 0. The van der Waals surface area contributed by atoms with E-state index in [1.807, 2.05) is 0 Å². The van der Waals surface area contributed by atoms with E-state index in [0.717, 1.165) is 12.0 Å². The Morgan fingerprint density at radius 1 is 1.06 bits per heavy atom. The maximum absolute atomic E-state index is 2.60. The molecule has 1 saturated heterocycles. The van der Waals surface area contributed by atoms with Crippen molar-refractivity contribution in [2.75, 3.05) is 20.1 Å². The van der Waals surface area contributed by atoms with E-state index in [9.17, 15) is 0 Å².